The molecule has 11 heteroatoms. The smallest absolute Gasteiger partial charge is 0.212 e. The zero-order chi connectivity index (χ0) is 21.9. The van der Waals surface area contributed by atoms with E-state index >= 15 is 0 Å². The van der Waals surface area contributed by atoms with Gasteiger partial charge in [-0.3, -0.25) is 0 Å². The number of hydrogen-bond donors (Lipinski definition) is 2. The average Bonchev–Trinajstić information content (AvgIpc) is 2.59. The van der Waals surface area contributed by atoms with Crippen LogP contribution < -0.4 is 9.44 Å². The second-order valence-electron chi connectivity index (χ2n) is 6.65. The maximum atomic E-state index is 12.6. The fraction of sp³-hybridized carbons (Fsp3) is 0.333. The topological polar surface area (TPSA) is 92.3 Å². The number of hydrogen-bond acceptors (Lipinski definition) is 4. The third kappa shape index (κ3) is 6.81. The van der Waals surface area contributed by atoms with Crippen LogP contribution in [0.15, 0.2) is 53.4 Å². The first-order valence-electron chi connectivity index (χ1n) is 8.54. The van der Waals surface area contributed by atoms with Gasteiger partial charge in [-0.2, -0.15) is 13.2 Å². The van der Waals surface area contributed by atoms with E-state index in [9.17, 15) is 30.0 Å². The summed E-state index contributed by atoms with van der Waals surface area (Å²) in [5.41, 5.74) is -0.0995. The Balaban J connectivity index is 2.17. The summed E-state index contributed by atoms with van der Waals surface area (Å²) in [5.74, 6) is -0.330. The van der Waals surface area contributed by atoms with E-state index in [1.807, 2.05) is 0 Å². The maximum Gasteiger partial charge on any atom is 0.416 e. The molecule has 160 valence electrons. The summed E-state index contributed by atoms with van der Waals surface area (Å²) in [5, 5.41) is 0. The number of nitrogens with one attached hydrogen (secondary N) is 2. The van der Waals surface area contributed by atoms with E-state index < -0.39 is 31.8 Å². The zero-order valence-corrected chi connectivity index (χ0v) is 17.3. The lowest BCUT2D eigenvalue weighted by Gasteiger charge is -2.14. The second-order valence-corrected chi connectivity index (χ2v) is 10.2. The summed E-state index contributed by atoms with van der Waals surface area (Å²) in [6.07, 6.45) is -4.57. The molecule has 2 aromatic carbocycles. The molecule has 29 heavy (non-hydrogen) atoms. The lowest BCUT2D eigenvalue weighted by atomic mass is 10.1. The Kier molecular flexibility index (Phi) is 7.10. The highest BCUT2D eigenvalue weighted by Crippen LogP contribution is 2.29. The van der Waals surface area contributed by atoms with Crippen LogP contribution in [0.4, 0.5) is 13.2 Å². The molecule has 0 aliphatic carbocycles. The summed E-state index contributed by atoms with van der Waals surface area (Å²) in [6, 6.07) is 9.24. The molecule has 0 atom stereocenters. The molecule has 2 aromatic rings. The van der Waals surface area contributed by atoms with Crippen molar-refractivity contribution in [3.8, 4) is 0 Å². The molecule has 2 N–H and O–H groups in total. The molecule has 0 bridgehead atoms. The molecular weight excluding hydrogens is 429 g/mol. The predicted octanol–water partition coefficient (Wildman–Crippen LogP) is 3.01. The van der Waals surface area contributed by atoms with E-state index in [2.05, 4.69) is 9.44 Å². The lowest BCUT2D eigenvalue weighted by molar-refractivity contribution is -0.137. The van der Waals surface area contributed by atoms with Crippen LogP contribution in [-0.2, 0) is 38.5 Å². The van der Waals surface area contributed by atoms with Gasteiger partial charge in [0.25, 0.3) is 0 Å². The van der Waals surface area contributed by atoms with Gasteiger partial charge in [0.15, 0.2) is 0 Å². The van der Waals surface area contributed by atoms with Crippen LogP contribution in [0.2, 0.25) is 0 Å². The minimum Gasteiger partial charge on any atom is -0.212 e. The molecule has 0 amide bonds. The van der Waals surface area contributed by atoms with Gasteiger partial charge in [-0.25, -0.2) is 26.3 Å². The van der Waals surface area contributed by atoms with E-state index in [0.29, 0.717) is 23.3 Å². The maximum absolute atomic E-state index is 12.6. The predicted molar refractivity (Wildman–Crippen MR) is 103 cm³/mol. The summed E-state index contributed by atoms with van der Waals surface area (Å²) in [6.45, 7) is 3.15. The van der Waals surface area contributed by atoms with E-state index in [-0.39, 0.29) is 23.2 Å². The molecule has 0 spiro atoms. The molecule has 0 saturated heterocycles. The van der Waals surface area contributed by atoms with Crippen molar-refractivity contribution in [2.24, 2.45) is 0 Å². The second kappa shape index (κ2) is 8.82. The number of alkyl halides is 3. The Labute approximate surface area is 168 Å². The highest BCUT2D eigenvalue weighted by Gasteiger charge is 2.30. The van der Waals surface area contributed by atoms with Crippen molar-refractivity contribution >= 4 is 20.0 Å². The molecule has 0 aliphatic rings. The van der Waals surface area contributed by atoms with Gasteiger partial charge in [-0.15, -0.1) is 0 Å². The molecule has 2 rings (SSSR count). The van der Waals surface area contributed by atoms with Gasteiger partial charge in [-0.1, -0.05) is 24.3 Å². The fourth-order valence-electron chi connectivity index (χ4n) is 2.56. The van der Waals surface area contributed by atoms with Crippen molar-refractivity contribution < 1.29 is 30.0 Å². The summed E-state index contributed by atoms with van der Waals surface area (Å²) < 4.78 is 91.7. The van der Waals surface area contributed by atoms with Crippen molar-refractivity contribution in [2.75, 3.05) is 0 Å². The lowest BCUT2D eigenvalue weighted by Crippen LogP contribution is -2.32. The Morgan fingerprint density at radius 3 is 1.97 bits per heavy atom. The molecule has 0 heterocycles. The van der Waals surface area contributed by atoms with Crippen molar-refractivity contribution in [3.63, 3.8) is 0 Å². The number of sulfonamides is 2. The van der Waals surface area contributed by atoms with Gasteiger partial charge < -0.3 is 0 Å². The quantitative estimate of drug-likeness (QED) is 0.647. The van der Waals surface area contributed by atoms with Crippen LogP contribution >= 0.6 is 0 Å². The molecule has 0 saturated carbocycles. The van der Waals surface area contributed by atoms with E-state index in [0.717, 1.165) is 12.1 Å². The van der Waals surface area contributed by atoms with Gasteiger partial charge in [0, 0.05) is 12.6 Å². The van der Waals surface area contributed by atoms with Crippen molar-refractivity contribution in [1.82, 2.24) is 9.44 Å². The zero-order valence-electron chi connectivity index (χ0n) is 15.7. The largest absolute Gasteiger partial charge is 0.416 e. The Morgan fingerprint density at radius 1 is 0.897 bits per heavy atom. The van der Waals surface area contributed by atoms with Crippen molar-refractivity contribution in [2.45, 2.75) is 43.3 Å². The minimum absolute atomic E-state index is 0.212. The van der Waals surface area contributed by atoms with Crippen LogP contribution in [0, 0.1) is 0 Å². The first kappa shape index (κ1) is 23.3. The summed E-state index contributed by atoms with van der Waals surface area (Å²) >= 11 is 0. The van der Waals surface area contributed by atoms with Crippen LogP contribution in [-0.4, -0.2) is 22.9 Å². The summed E-state index contributed by atoms with van der Waals surface area (Å²) in [7, 11) is -7.70. The fourth-order valence-corrected chi connectivity index (χ4v) is 5.05. The molecule has 0 radical (unpaired) electrons. The third-order valence-corrected chi connectivity index (χ3v) is 6.76. The highest BCUT2D eigenvalue weighted by atomic mass is 32.2. The standard InChI is InChI=1S/C18H21F3N2O4S2/c1-13(2)23-28(24,25)12-15-6-4-3-5-14(15)11-22-29(26,27)17-9-7-16(8-10-17)18(19,20)21/h3-10,13,22-23H,11-12H2,1-2H3. The molecule has 0 aliphatic heterocycles. The van der Waals surface area contributed by atoms with E-state index in [4.69, 9.17) is 0 Å². The monoisotopic (exact) mass is 450 g/mol. The van der Waals surface area contributed by atoms with Crippen LogP contribution in [0.1, 0.15) is 30.5 Å². The average molecular weight is 451 g/mol. The number of benzene rings is 2. The van der Waals surface area contributed by atoms with Gasteiger partial charge in [0.05, 0.1) is 16.2 Å². The Morgan fingerprint density at radius 2 is 1.45 bits per heavy atom. The molecule has 6 nitrogen and oxygen atoms in total. The highest BCUT2D eigenvalue weighted by molar-refractivity contribution is 7.89. The van der Waals surface area contributed by atoms with Crippen LogP contribution in [0.25, 0.3) is 0 Å². The third-order valence-electron chi connectivity index (χ3n) is 3.82. The minimum atomic E-state index is -4.57. The number of halogens is 3. The van der Waals surface area contributed by atoms with Crippen molar-refractivity contribution in [1.29, 1.82) is 0 Å². The van der Waals surface area contributed by atoms with Crippen LogP contribution in [0.5, 0.6) is 0 Å². The first-order valence-corrected chi connectivity index (χ1v) is 11.7. The summed E-state index contributed by atoms with van der Waals surface area (Å²) in [4.78, 5) is -0.322. The molecular formula is C18H21F3N2O4S2. The van der Waals surface area contributed by atoms with Crippen molar-refractivity contribution in [3.05, 3.63) is 65.2 Å². The van der Waals surface area contributed by atoms with E-state index in [1.54, 1.807) is 38.1 Å². The number of rotatable bonds is 8. The van der Waals surface area contributed by atoms with Crippen LogP contribution in [0.3, 0.4) is 0 Å². The van der Waals surface area contributed by atoms with Gasteiger partial charge >= 0.3 is 6.18 Å². The van der Waals surface area contributed by atoms with Gasteiger partial charge in [0.2, 0.25) is 20.0 Å². The Bertz CT molecular complexity index is 1050. The van der Waals surface area contributed by atoms with E-state index in [1.165, 1.54) is 0 Å². The normalized spacial score (nSPS) is 13.0. The van der Waals surface area contributed by atoms with Gasteiger partial charge in [0.1, 0.15) is 0 Å². The van der Waals surface area contributed by atoms with Gasteiger partial charge in [-0.05, 0) is 49.2 Å². The molecule has 0 aromatic heterocycles. The first-order chi connectivity index (χ1) is 13.3. The SMILES string of the molecule is CC(C)NS(=O)(=O)Cc1ccccc1CNS(=O)(=O)c1ccc(C(F)(F)F)cc1. The molecule has 0 unspecified atom stereocenters. The Hall–Kier alpha value is -1.95. The molecule has 0 fully saturated rings.